The summed E-state index contributed by atoms with van der Waals surface area (Å²) in [6, 6.07) is 2.76. The zero-order chi connectivity index (χ0) is 18.8. The number of benzene rings is 1. The maximum Gasteiger partial charge on any atom is 0.245 e. The second-order valence-electron chi connectivity index (χ2n) is 6.31. The van der Waals surface area contributed by atoms with Crippen molar-refractivity contribution in [2.24, 2.45) is 0 Å². The van der Waals surface area contributed by atoms with Crippen LogP contribution in [0.4, 0.5) is 8.78 Å². The number of hydrogen-bond donors (Lipinski definition) is 2. The summed E-state index contributed by atoms with van der Waals surface area (Å²) < 4.78 is 27.1. The molecule has 2 N–H and O–H groups in total. The lowest BCUT2D eigenvalue weighted by Crippen LogP contribution is -2.49. The first kappa shape index (κ1) is 18.0. The molecule has 1 aliphatic rings. The Balaban J connectivity index is 1.80. The summed E-state index contributed by atoms with van der Waals surface area (Å²) in [5.41, 5.74) is 1.67. The van der Waals surface area contributed by atoms with Crippen LogP contribution in [0.5, 0.6) is 0 Å². The van der Waals surface area contributed by atoms with Crippen molar-refractivity contribution in [3.63, 3.8) is 0 Å². The number of amides is 2. The normalized spacial score (nSPS) is 14.7. The number of imidazole rings is 1. The van der Waals surface area contributed by atoms with E-state index in [2.05, 4.69) is 15.3 Å². The summed E-state index contributed by atoms with van der Waals surface area (Å²) >= 11 is 0. The smallest absolute Gasteiger partial charge is 0.245 e. The Morgan fingerprint density at radius 1 is 1.38 bits per heavy atom. The van der Waals surface area contributed by atoms with E-state index in [-0.39, 0.29) is 17.4 Å². The van der Waals surface area contributed by atoms with Gasteiger partial charge in [0.15, 0.2) is 0 Å². The summed E-state index contributed by atoms with van der Waals surface area (Å²) in [5, 5.41) is 2.65. The molecule has 2 aromatic rings. The number of aromatic amines is 1. The third-order valence-corrected chi connectivity index (χ3v) is 4.41. The van der Waals surface area contributed by atoms with Gasteiger partial charge in [-0.2, -0.15) is 0 Å². The highest BCUT2D eigenvalue weighted by molar-refractivity contribution is 5.87. The molecule has 0 saturated carbocycles. The highest BCUT2D eigenvalue weighted by Crippen LogP contribution is 2.25. The molecule has 0 radical (unpaired) electrons. The number of carbonyl (C=O) groups excluding carboxylic acids is 2. The van der Waals surface area contributed by atoms with Crippen LogP contribution < -0.4 is 5.32 Å². The SMILES string of the molecule is CCC(NC(C)=O)C(=O)N1CCc2nc(-c3ccc(F)cc3F)[nH]c2C1. The summed E-state index contributed by atoms with van der Waals surface area (Å²) in [7, 11) is 0. The molecule has 1 unspecified atom stereocenters. The molecule has 0 bridgehead atoms. The largest absolute Gasteiger partial charge is 0.345 e. The van der Waals surface area contributed by atoms with Gasteiger partial charge >= 0.3 is 0 Å². The second kappa shape index (κ2) is 7.23. The quantitative estimate of drug-likeness (QED) is 0.875. The van der Waals surface area contributed by atoms with Crippen LogP contribution in [0.3, 0.4) is 0 Å². The van der Waals surface area contributed by atoms with Crippen LogP contribution in [0.2, 0.25) is 0 Å². The zero-order valence-corrected chi connectivity index (χ0v) is 14.6. The Kier molecular flexibility index (Phi) is 5.01. The number of nitrogens with one attached hydrogen (secondary N) is 2. The van der Waals surface area contributed by atoms with Crippen molar-refractivity contribution in [1.82, 2.24) is 20.2 Å². The third-order valence-electron chi connectivity index (χ3n) is 4.41. The minimum absolute atomic E-state index is 0.155. The molecule has 1 aromatic heterocycles. The van der Waals surface area contributed by atoms with E-state index in [0.717, 1.165) is 17.5 Å². The van der Waals surface area contributed by atoms with Crippen LogP contribution in [0.15, 0.2) is 18.2 Å². The highest BCUT2D eigenvalue weighted by atomic mass is 19.1. The zero-order valence-electron chi connectivity index (χ0n) is 14.6. The number of aromatic nitrogens is 2. The first-order valence-corrected chi connectivity index (χ1v) is 8.48. The van der Waals surface area contributed by atoms with Crippen molar-refractivity contribution in [3.8, 4) is 11.4 Å². The number of fused-ring (bicyclic) bond motifs is 1. The van der Waals surface area contributed by atoms with Crippen molar-refractivity contribution in [2.45, 2.75) is 39.3 Å². The molecule has 0 aliphatic carbocycles. The molecule has 0 fully saturated rings. The van der Waals surface area contributed by atoms with Crippen molar-refractivity contribution in [3.05, 3.63) is 41.2 Å². The van der Waals surface area contributed by atoms with Crippen LogP contribution in [0.25, 0.3) is 11.4 Å². The maximum absolute atomic E-state index is 14.0. The molecular formula is C18H20F2N4O2. The topological polar surface area (TPSA) is 78.1 Å². The first-order valence-electron chi connectivity index (χ1n) is 8.48. The molecule has 0 saturated heterocycles. The van der Waals surface area contributed by atoms with Gasteiger partial charge in [-0.3, -0.25) is 9.59 Å². The minimum Gasteiger partial charge on any atom is -0.345 e. The number of H-pyrrole nitrogens is 1. The highest BCUT2D eigenvalue weighted by Gasteiger charge is 2.29. The van der Waals surface area contributed by atoms with Crippen molar-refractivity contribution in [2.75, 3.05) is 6.54 Å². The number of nitrogens with zero attached hydrogens (tertiary/aromatic N) is 2. The lowest BCUT2D eigenvalue weighted by molar-refractivity contribution is -0.137. The van der Waals surface area contributed by atoms with E-state index in [9.17, 15) is 18.4 Å². The molecule has 3 rings (SSSR count). The van der Waals surface area contributed by atoms with Gasteiger partial charge in [-0.15, -0.1) is 0 Å². The number of hydrogen-bond acceptors (Lipinski definition) is 3. The van der Waals surface area contributed by atoms with Gasteiger partial charge in [0.05, 0.1) is 23.5 Å². The Hall–Kier alpha value is -2.77. The van der Waals surface area contributed by atoms with Crippen molar-refractivity contribution in [1.29, 1.82) is 0 Å². The van der Waals surface area contributed by atoms with E-state index < -0.39 is 17.7 Å². The van der Waals surface area contributed by atoms with Gasteiger partial charge in [0.25, 0.3) is 0 Å². The fraction of sp³-hybridized carbons (Fsp3) is 0.389. The number of carbonyl (C=O) groups is 2. The van der Waals surface area contributed by atoms with E-state index >= 15 is 0 Å². The van der Waals surface area contributed by atoms with E-state index in [1.165, 1.54) is 19.1 Å². The Bertz CT molecular complexity index is 850. The van der Waals surface area contributed by atoms with Gasteiger partial charge in [0.1, 0.15) is 23.5 Å². The van der Waals surface area contributed by atoms with E-state index in [1.54, 1.807) is 4.90 Å². The lowest BCUT2D eigenvalue weighted by atomic mass is 10.1. The van der Waals surface area contributed by atoms with Crippen LogP contribution in [0.1, 0.15) is 31.7 Å². The summed E-state index contributed by atoms with van der Waals surface area (Å²) in [6.45, 7) is 3.99. The average molecular weight is 362 g/mol. The van der Waals surface area contributed by atoms with Gasteiger partial charge in [-0.1, -0.05) is 6.92 Å². The van der Waals surface area contributed by atoms with Gasteiger partial charge in [0.2, 0.25) is 11.8 Å². The Morgan fingerprint density at radius 2 is 2.15 bits per heavy atom. The van der Waals surface area contributed by atoms with Crippen molar-refractivity contribution < 1.29 is 18.4 Å². The monoisotopic (exact) mass is 362 g/mol. The fourth-order valence-corrected chi connectivity index (χ4v) is 3.10. The molecule has 1 atom stereocenters. The van der Waals surface area contributed by atoms with Crippen molar-refractivity contribution >= 4 is 11.8 Å². The predicted octanol–water partition coefficient (Wildman–Crippen LogP) is 2.15. The Morgan fingerprint density at radius 3 is 2.81 bits per heavy atom. The first-order chi connectivity index (χ1) is 12.4. The van der Waals surface area contributed by atoms with Gasteiger partial charge in [0, 0.05) is 26.0 Å². The molecule has 2 heterocycles. The second-order valence-corrected chi connectivity index (χ2v) is 6.31. The fourth-order valence-electron chi connectivity index (χ4n) is 3.10. The maximum atomic E-state index is 14.0. The molecule has 0 spiro atoms. The molecule has 6 nitrogen and oxygen atoms in total. The summed E-state index contributed by atoms with van der Waals surface area (Å²) in [4.78, 5) is 33.0. The molecule has 1 aliphatic heterocycles. The third kappa shape index (κ3) is 3.58. The van der Waals surface area contributed by atoms with E-state index in [4.69, 9.17) is 0 Å². The van der Waals surface area contributed by atoms with Crippen LogP contribution >= 0.6 is 0 Å². The van der Waals surface area contributed by atoms with Gasteiger partial charge in [-0.05, 0) is 18.6 Å². The Labute approximate surface area is 149 Å². The molecular weight excluding hydrogens is 342 g/mol. The summed E-state index contributed by atoms with van der Waals surface area (Å²) in [5.74, 6) is -1.43. The van der Waals surface area contributed by atoms with E-state index in [0.29, 0.717) is 31.8 Å². The van der Waals surface area contributed by atoms with Gasteiger partial charge in [-0.25, -0.2) is 13.8 Å². The minimum atomic E-state index is -0.694. The predicted molar refractivity (Wildman–Crippen MR) is 91.0 cm³/mol. The van der Waals surface area contributed by atoms with Crippen LogP contribution in [0, 0.1) is 11.6 Å². The molecule has 1 aromatic carbocycles. The number of halogens is 2. The number of rotatable bonds is 4. The molecule has 138 valence electrons. The average Bonchev–Trinajstić information content (AvgIpc) is 3.01. The van der Waals surface area contributed by atoms with Crippen LogP contribution in [-0.2, 0) is 22.6 Å². The molecule has 2 amide bonds. The van der Waals surface area contributed by atoms with Crippen LogP contribution in [-0.4, -0.2) is 39.3 Å². The standard InChI is InChI=1S/C18H20F2N4O2/c1-3-14(21-10(2)25)18(26)24-7-6-15-16(9-24)23-17(22-15)12-5-4-11(19)8-13(12)20/h4-5,8,14H,3,6-7,9H2,1-2H3,(H,21,25)(H,22,23). The lowest BCUT2D eigenvalue weighted by Gasteiger charge is -2.29. The molecule has 26 heavy (non-hydrogen) atoms. The van der Waals surface area contributed by atoms with Gasteiger partial charge < -0.3 is 15.2 Å². The van der Waals surface area contributed by atoms with E-state index in [1.807, 2.05) is 6.92 Å². The summed E-state index contributed by atoms with van der Waals surface area (Å²) in [6.07, 6.45) is 1.02. The molecule has 8 heteroatoms.